The molecule has 0 aliphatic rings. The Kier molecular flexibility index (Phi) is 8.05. The predicted octanol–water partition coefficient (Wildman–Crippen LogP) is 1.83. The van der Waals surface area contributed by atoms with Crippen LogP contribution in [0.15, 0.2) is 18.2 Å². The molecule has 1 aromatic carbocycles. The Morgan fingerprint density at radius 1 is 1.24 bits per heavy atom. The van der Waals surface area contributed by atoms with Gasteiger partial charge in [0.05, 0.1) is 14.2 Å². The SMILES string of the molecule is COc1ccc(CCNC(=O)[C@](N)(C(C)C)[S+]([O-])C(C)C)cc1OC. The van der Waals surface area contributed by atoms with Gasteiger partial charge in [-0.2, -0.15) is 0 Å². The molecule has 7 heteroatoms. The zero-order chi connectivity index (χ0) is 19.2. The van der Waals surface area contributed by atoms with E-state index in [1.807, 2.05) is 32.0 Å². The van der Waals surface area contributed by atoms with Gasteiger partial charge in [-0.05, 0) is 49.1 Å². The highest BCUT2D eigenvalue weighted by Crippen LogP contribution is 2.28. The Bertz CT molecular complexity index is 580. The summed E-state index contributed by atoms with van der Waals surface area (Å²) in [5.41, 5.74) is 7.24. The maximum atomic E-state index is 12.6. The van der Waals surface area contributed by atoms with E-state index >= 15 is 0 Å². The first-order valence-corrected chi connectivity index (χ1v) is 9.58. The van der Waals surface area contributed by atoms with Crippen molar-refractivity contribution in [1.82, 2.24) is 5.32 Å². The summed E-state index contributed by atoms with van der Waals surface area (Å²) in [4.78, 5) is 11.2. The average molecular weight is 371 g/mol. The molecular formula is C18H30N2O4S. The van der Waals surface area contributed by atoms with Crippen molar-refractivity contribution in [3.8, 4) is 11.5 Å². The number of benzene rings is 1. The molecule has 0 saturated carbocycles. The molecule has 1 rings (SSSR count). The number of hydrogen-bond donors (Lipinski definition) is 2. The minimum absolute atomic E-state index is 0.191. The van der Waals surface area contributed by atoms with Gasteiger partial charge in [0.1, 0.15) is 5.25 Å². The highest BCUT2D eigenvalue weighted by molar-refractivity contribution is 7.94. The number of hydrogen-bond acceptors (Lipinski definition) is 5. The number of carbonyl (C=O) groups excluding carboxylic acids is 1. The first-order valence-electron chi connectivity index (χ1n) is 8.37. The van der Waals surface area contributed by atoms with E-state index in [1.54, 1.807) is 28.1 Å². The van der Waals surface area contributed by atoms with E-state index < -0.39 is 16.0 Å². The predicted molar refractivity (Wildman–Crippen MR) is 101 cm³/mol. The van der Waals surface area contributed by atoms with Gasteiger partial charge in [-0.15, -0.1) is 0 Å². The molecule has 1 aromatic rings. The standard InChI is InChI=1S/C18H30N2O4S/c1-12(2)18(19,25(22)13(3)4)17(21)20-10-9-14-7-8-15(23-5)16(11-14)24-6/h7-8,11-13H,9-10,19H2,1-6H3,(H,20,21)/t18-,25?/m0/s1. The van der Waals surface area contributed by atoms with E-state index in [2.05, 4.69) is 5.32 Å². The number of amides is 1. The average Bonchev–Trinajstić information content (AvgIpc) is 2.59. The van der Waals surface area contributed by atoms with Gasteiger partial charge in [0, 0.05) is 12.5 Å². The third kappa shape index (κ3) is 5.03. The van der Waals surface area contributed by atoms with Crippen molar-refractivity contribution in [3.63, 3.8) is 0 Å². The molecule has 0 bridgehead atoms. The second-order valence-electron chi connectivity index (χ2n) is 6.49. The fraction of sp³-hybridized carbons (Fsp3) is 0.611. The molecule has 0 heterocycles. The number of nitrogens with two attached hydrogens (primary N) is 1. The Labute approximate surface area is 153 Å². The van der Waals surface area contributed by atoms with Crippen LogP contribution in [0.2, 0.25) is 0 Å². The molecule has 3 N–H and O–H groups in total. The summed E-state index contributed by atoms with van der Waals surface area (Å²) in [5, 5.41) is 2.64. The lowest BCUT2D eigenvalue weighted by Gasteiger charge is -2.35. The van der Waals surface area contributed by atoms with Gasteiger partial charge in [-0.25, -0.2) is 0 Å². The lowest BCUT2D eigenvalue weighted by atomic mass is 10.0. The maximum absolute atomic E-state index is 12.6. The van der Waals surface area contributed by atoms with Crippen molar-refractivity contribution in [3.05, 3.63) is 23.8 Å². The zero-order valence-electron chi connectivity index (χ0n) is 15.9. The Morgan fingerprint density at radius 3 is 2.32 bits per heavy atom. The quantitative estimate of drug-likeness (QED) is 0.647. The van der Waals surface area contributed by atoms with Gasteiger partial charge >= 0.3 is 0 Å². The fourth-order valence-electron chi connectivity index (χ4n) is 2.47. The summed E-state index contributed by atoms with van der Waals surface area (Å²) in [6, 6.07) is 5.61. The largest absolute Gasteiger partial charge is 0.614 e. The molecule has 0 aromatic heterocycles. The van der Waals surface area contributed by atoms with Crippen molar-refractivity contribution in [2.75, 3.05) is 20.8 Å². The number of ether oxygens (including phenoxy) is 2. The highest BCUT2D eigenvalue weighted by atomic mass is 32.2. The van der Waals surface area contributed by atoms with Crippen molar-refractivity contribution >= 4 is 17.1 Å². The minimum atomic E-state index is -1.46. The minimum Gasteiger partial charge on any atom is -0.614 e. The molecule has 25 heavy (non-hydrogen) atoms. The van der Waals surface area contributed by atoms with Crippen molar-refractivity contribution in [1.29, 1.82) is 0 Å². The van der Waals surface area contributed by atoms with Crippen molar-refractivity contribution < 1.29 is 18.8 Å². The first-order chi connectivity index (χ1) is 11.7. The van der Waals surface area contributed by atoms with Gasteiger partial charge in [-0.3, -0.25) is 10.5 Å². The van der Waals surface area contributed by atoms with Gasteiger partial charge in [-0.1, -0.05) is 19.9 Å². The Hall–Kier alpha value is -1.44. The van der Waals surface area contributed by atoms with Gasteiger partial charge in [0.2, 0.25) is 0 Å². The molecule has 2 atom stereocenters. The van der Waals surface area contributed by atoms with Crippen LogP contribution in [0.1, 0.15) is 33.3 Å². The first kappa shape index (κ1) is 21.6. The van der Waals surface area contributed by atoms with Gasteiger partial charge in [0.25, 0.3) is 10.8 Å². The van der Waals surface area contributed by atoms with Gasteiger partial charge < -0.3 is 19.3 Å². The lowest BCUT2D eigenvalue weighted by Crippen LogP contribution is -2.64. The molecule has 6 nitrogen and oxygen atoms in total. The Balaban J connectivity index is 2.75. The van der Waals surface area contributed by atoms with Crippen LogP contribution in [0.25, 0.3) is 0 Å². The van der Waals surface area contributed by atoms with Crippen molar-refractivity contribution in [2.45, 2.75) is 44.2 Å². The Morgan fingerprint density at radius 2 is 1.84 bits per heavy atom. The molecule has 0 aliphatic heterocycles. The topological polar surface area (TPSA) is 96.6 Å². The molecule has 0 fully saturated rings. The van der Waals surface area contributed by atoms with Crippen LogP contribution in [0.3, 0.4) is 0 Å². The van der Waals surface area contributed by atoms with E-state index in [1.165, 1.54) is 0 Å². The summed E-state index contributed by atoms with van der Waals surface area (Å²) < 4.78 is 23.0. The number of methoxy groups -OCH3 is 2. The molecule has 142 valence electrons. The molecule has 0 saturated heterocycles. The normalized spacial score (nSPS) is 15.0. The number of carbonyl (C=O) groups is 1. The summed E-state index contributed by atoms with van der Waals surface area (Å²) in [5.74, 6) is 0.679. The van der Waals surface area contributed by atoms with Crippen LogP contribution in [0.4, 0.5) is 0 Å². The van der Waals surface area contributed by atoms with E-state index in [-0.39, 0.29) is 17.1 Å². The summed E-state index contributed by atoms with van der Waals surface area (Å²) >= 11 is -1.46. The molecule has 0 radical (unpaired) electrons. The van der Waals surface area contributed by atoms with E-state index in [9.17, 15) is 9.35 Å². The maximum Gasteiger partial charge on any atom is 0.292 e. The monoisotopic (exact) mass is 370 g/mol. The molecule has 1 unspecified atom stereocenters. The van der Waals surface area contributed by atoms with Crippen molar-refractivity contribution in [2.24, 2.45) is 11.7 Å². The van der Waals surface area contributed by atoms with Crippen LogP contribution in [0.5, 0.6) is 11.5 Å². The van der Waals surface area contributed by atoms with E-state index in [0.29, 0.717) is 24.5 Å². The zero-order valence-corrected chi connectivity index (χ0v) is 16.7. The smallest absolute Gasteiger partial charge is 0.292 e. The van der Waals surface area contributed by atoms with Crippen LogP contribution in [0, 0.1) is 5.92 Å². The summed E-state index contributed by atoms with van der Waals surface area (Å²) in [6.07, 6.45) is 0.606. The van der Waals surface area contributed by atoms with Gasteiger partial charge in [0.15, 0.2) is 11.5 Å². The van der Waals surface area contributed by atoms with Crippen LogP contribution < -0.4 is 20.5 Å². The summed E-state index contributed by atoms with van der Waals surface area (Å²) in [6.45, 7) is 7.63. The number of nitrogens with one attached hydrogen (secondary N) is 1. The van der Waals surface area contributed by atoms with Crippen LogP contribution in [-0.2, 0) is 22.4 Å². The third-order valence-corrected chi connectivity index (χ3v) is 6.30. The van der Waals surface area contributed by atoms with Crippen LogP contribution in [-0.4, -0.2) is 41.3 Å². The lowest BCUT2D eigenvalue weighted by molar-refractivity contribution is -0.124. The third-order valence-electron chi connectivity index (χ3n) is 4.12. The van der Waals surface area contributed by atoms with E-state index in [4.69, 9.17) is 15.2 Å². The fourth-order valence-corrected chi connectivity index (χ4v) is 3.97. The van der Waals surface area contributed by atoms with Crippen LogP contribution >= 0.6 is 0 Å². The molecule has 1 amide bonds. The van der Waals surface area contributed by atoms with E-state index in [0.717, 1.165) is 5.56 Å². The number of rotatable bonds is 9. The summed E-state index contributed by atoms with van der Waals surface area (Å²) in [7, 11) is 3.16. The molecule has 0 spiro atoms. The molecule has 0 aliphatic carbocycles. The second kappa shape index (κ2) is 9.31. The second-order valence-corrected chi connectivity index (χ2v) is 8.70. The molecular weight excluding hydrogens is 340 g/mol. The highest BCUT2D eigenvalue weighted by Gasteiger charge is 2.50.